The molecule has 0 unspecified atom stereocenters. The van der Waals surface area contributed by atoms with Gasteiger partial charge in [-0.25, -0.2) is 8.42 Å². The van der Waals surface area contributed by atoms with Crippen LogP contribution in [0.3, 0.4) is 0 Å². The van der Waals surface area contributed by atoms with E-state index in [-0.39, 0.29) is 23.0 Å². The second-order valence-electron chi connectivity index (χ2n) is 6.51. The number of carbonyl (C=O) groups excluding carboxylic acids is 1. The summed E-state index contributed by atoms with van der Waals surface area (Å²) in [6.45, 7) is 5.26. The molecular weight excluding hydrogens is 336 g/mol. The van der Waals surface area contributed by atoms with E-state index in [2.05, 4.69) is 5.32 Å². The van der Waals surface area contributed by atoms with Gasteiger partial charge in [0, 0.05) is 25.7 Å². The smallest absolute Gasteiger partial charge is 0.310 e. The number of nitrogens with zero attached hydrogens (tertiary/aromatic N) is 1. The van der Waals surface area contributed by atoms with Gasteiger partial charge in [-0.1, -0.05) is 0 Å². The summed E-state index contributed by atoms with van der Waals surface area (Å²) in [5.74, 6) is -1.69. The number of carboxylic acids is 1. The highest BCUT2D eigenvalue weighted by Crippen LogP contribution is 2.26. The van der Waals surface area contributed by atoms with Crippen LogP contribution in [-0.2, 0) is 14.8 Å². The number of aryl methyl sites for hydroxylation is 1. The summed E-state index contributed by atoms with van der Waals surface area (Å²) in [4.78, 5) is 23.1. The molecule has 1 aromatic heterocycles. The highest BCUT2D eigenvalue weighted by molar-refractivity contribution is 7.89. The Labute approximate surface area is 140 Å². The van der Waals surface area contributed by atoms with Crippen molar-refractivity contribution in [3.05, 3.63) is 17.6 Å². The average Bonchev–Trinajstić information content (AvgIpc) is 3.14. The van der Waals surface area contributed by atoms with Crippen molar-refractivity contribution >= 4 is 21.9 Å². The Balaban J connectivity index is 2.16. The van der Waals surface area contributed by atoms with Crippen molar-refractivity contribution in [1.29, 1.82) is 0 Å². The molecule has 0 spiro atoms. The first-order valence-electron chi connectivity index (χ1n) is 7.68. The van der Waals surface area contributed by atoms with Gasteiger partial charge in [0.25, 0.3) is 5.91 Å². The van der Waals surface area contributed by atoms with Crippen molar-refractivity contribution in [1.82, 2.24) is 9.62 Å². The highest BCUT2D eigenvalue weighted by Gasteiger charge is 2.32. The van der Waals surface area contributed by atoms with E-state index in [9.17, 15) is 18.0 Å². The van der Waals surface area contributed by atoms with Crippen molar-refractivity contribution in [3.8, 4) is 0 Å². The van der Waals surface area contributed by atoms with E-state index < -0.39 is 27.3 Å². The SMILES string of the molecule is Cc1oc(C(=O)NCC(C)(C)C(=O)O)cc1S(=O)(=O)N1CCCC1. The normalized spacial score (nSPS) is 16.3. The molecule has 0 aliphatic carbocycles. The minimum absolute atomic E-state index is 0.0213. The zero-order valence-corrected chi connectivity index (χ0v) is 14.8. The van der Waals surface area contributed by atoms with Crippen LogP contribution in [0, 0.1) is 12.3 Å². The van der Waals surface area contributed by atoms with Crippen molar-refractivity contribution in [3.63, 3.8) is 0 Å². The van der Waals surface area contributed by atoms with E-state index in [1.807, 2.05) is 0 Å². The third kappa shape index (κ3) is 3.62. The lowest BCUT2D eigenvalue weighted by Gasteiger charge is -2.18. The molecule has 1 fully saturated rings. The van der Waals surface area contributed by atoms with Gasteiger partial charge in [0.05, 0.1) is 5.41 Å². The summed E-state index contributed by atoms with van der Waals surface area (Å²) in [5, 5.41) is 11.5. The third-order valence-corrected chi connectivity index (χ3v) is 6.05. The second-order valence-corrected chi connectivity index (χ2v) is 8.42. The Morgan fingerprint density at radius 3 is 2.46 bits per heavy atom. The molecule has 1 amide bonds. The molecule has 0 aromatic carbocycles. The molecule has 9 heteroatoms. The van der Waals surface area contributed by atoms with Crippen LogP contribution in [-0.4, -0.2) is 49.3 Å². The summed E-state index contributed by atoms with van der Waals surface area (Å²) >= 11 is 0. The quantitative estimate of drug-likeness (QED) is 0.789. The summed E-state index contributed by atoms with van der Waals surface area (Å²) in [5.41, 5.74) is -1.14. The van der Waals surface area contributed by atoms with E-state index >= 15 is 0 Å². The van der Waals surface area contributed by atoms with E-state index in [4.69, 9.17) is 9.52 Å². The van der Waals surface area contributed by atoms with Gasteiger partial charge in [-0.2, -0.15) is 4.31 Å². The number of hydrogen-bond acceptors (Lipinski definition) is 5. The maximum Gasteiger partial charge on any atom is 0.310 e. The number of amides is 1. The molecule has 2 N–H and O–H groups in total. The molecule has 24 heavy (non-hydrogen) atoms. The van der Waals surface area contributed by atoms with Crippen LogP contribution in [0.15, 0.2) is 15.4 Å². The fourth-order valence-electron chi connectivity index (χ4n) is 2.36. The Morgan fingerprint density at radius 1 is 1.33 bits per heavy atom. The van der Waals surface area contributed by atoms with Gasteiger partial charge >= 0.3 is 5.97 Å². The van der Waals surface area contributed by atoms with E-state index in [0.29, 0.717) is 13.1 Å². The number of sulfonamides is 1. The van der Waals surface area contributed by atoms with Gasteiger partial charge in [0.1, 0.15) is 10.7 Å². The molecule has 0 saturated carbocycles. The lowest BCUT2D eigenvalue weighted by molar-refractivity contribution is -0.146. The summed E-state index contributed by atoms with van der Waals surface area (Å²) in [6.07, 6.45) is 1.63. The van der Waals surface area contributed by atoms with Crippen molar-refractivity contribution in [2.24, 2.45) is 5.41 Å². The summed E-state index contributed by atoms with van der Waals surface area (Å²) < 4.78 is 31.8. The maximum absolute atomic E-state index is 12.6. The number of hydrogen-bond donors (Lipinski definition) is 2. The molecule has 0 radical (unpaired) electrons. The van der Waals surface area contributed by atoms with Gasteiger partial charge < -0.3 is 14.8 Å². The predicted octanol–water partition coefficient (Wildman–Crippen LogP) is 1.21. The van der Waals surface area contributed by atoms with Crippen LogP contribution < -0.4 is 5.32 Å². The molecule has 2 heterocycles. The molecule has 0 bridgehead atoms. The van der Waals surface area contributed by atoms with Crippen LogP contribution in [0.2, 0.25) is 0 Å². The number of carboxylic acid groups (broad SMARTS) is 1. The molecule has 1 aliphatic rings. The standard InChI is InChI=1S/C15H22N2O6S/c1-10-12(24(21,22)17-6-4-5-7-17)8-11(23-10)13(18)16-9-15(2,3)14(19)20/h8H,4-7,9H2,1-3H3,(H,16,18)(H,19,20). The molecule has 8 nitrogen and oxygen atoms in total. The minimum Gasteiger partial charge on any atom is -0.481 e. The Bertz CT molecular complexity index is 744. The van der Waals surface area contributed by atoms with Crippen molar-refractivity contribution in [2.75, 3.05) is 19.6 Å². The predicted molar refractivity (Wildman–Crippen MR) is 85.2 cm³/mol. The molecular formula is C15H22N2O6S. The van der Waals surface area contributed by atoms with E-state index in [1.165, 1.54) is 31.1 Å². The summed E-state index contributed by atoms with van der Waals surface area (Å²) in [7, 11) is -3.67. The van der Waals surface area contributed by atoms with Crippen LogP contribution in [0.25, 0.3) is 0 Å². The third-order valence-electron chi connectivity index (χ3n) is 4.05. The lowest BCUT2D eigenvalue weighted by atomic mass is 9.94. The molecule has 1 aromatic rings. The number of carbonyl (C=O) groups is 2. The van der Waals surface area contributed by atoms with Crippen molar-refractivity contribution in [2.45, 2.75) is 38.5 Å². The molecule has 2 rings (SSSR count). The fourth-order valence-corrected chi connectivity index (χ4v) is 4.04. The molecule has 134 valence electrons. The van der Waals surface area contributed by atoms with Gasteiger partial charge in [0.15, 0.2) is 5.76 Å². The second kappa shape index (κ2) is 6.56. The van der Waals surface area contributed by atoms with Crippen LogP contribution in [0.5, 0.6) is 0 Å². The van der Waals surface area contributed by atoms with Gasteiger partial charge in [0.2, 0.25) is 10.0 Å². The molecule has 1 saturated heterocycles. The number of aliphatic carboxylic acids is 1. The number of furan rings is 1. The number of rotatable bonds is 6. The Hall–Kier alpha value is -1.87. The van der Waals surface area contributed by atoms with E-state index in [1.54, 1.807) is 0 Å². The van der Waals surface area contributed by atoms with Gasteiger partial charge in [-0.3, -0.25) is 9.59 Å². The van der Waals surface area contributed by atoms with Crippen LogP contribution in [0.1, 0.15) is 43.0 Å². The number of nitrogens with one attached hydrogen (secondary N) is 1. The lowest BCUT2D eigenvalue weighted by Crippen LogP contribution is -2.38. The van der Waals surface area contributed by atoms with Gasteiger partial charge in [-0.15, -0.1) is 0 Å². The Kier molecular flexibility index (Phi) is 5.05. The topological polar surface area (TPSA) is 117 Å². The molecule has 0 atom stereocenters. The van der Waals surface area contributed by atoms with Crippen LogP contribution in [0.4, 0.5) is 0 Å². The largest absolute Gasteiger partial charge is 0.481 e. The maximum atomic E-state index is 12.6. The van der Waals surface area contributed by atoms with Crippen LogP contribution >= 0.6 is 0 Å². The monoisotopic (exact) mass is 358 g/mol. The Morgan fingerprint density at radius 2 is 1.92 bits per heavy atom. The van der Waals surface area contributed by atoms with Gasteiger partial charge in [-0.05, 0) is 33.6 Å². The zero-order valence-electron chi connectivity index (χ0n) is 14.0. The summed E-state index contributed by atoms with van der Waals surface area (Å²) in [6, 6.07) is 1.20. The van der Waals surface area contributed by atoms with Crippen molar-refractivity contribution < 1.29 is 27.5 Å². The van der Waals surface area contributed by atoms with E-state index in [0.717, 1.165) is 12.8 Å². The minimum atomic E-state index is -3.67. The first kappa shape index (κ1) is 18.5. The zero-order chi connectivity index (χ0) is 18.1. The fraction of sp³-hybridized carbons (Fsp3) is 0.600. The molecule has 1 aliphatic heterocycles. The first-order valence-corrected chi connectivity index (χ1v) is 9.12. The highest BCUT2D eigenvalue weighted by atomic mass is 32.2. The first-order chi connectivity index (χ1) is 11.1. The average molecular weight is 358 g/mol.